The van der Waals surface area contributed by atoms with Gasteiger partial charge in [0.05, 0.1) is 30.8 Å². The van der Waals surface area contributed by atoms with Crippen LogP contribution in [0.25, 0.3) is 0 Å². The molecule has 0 amide bonds. The number of Topliss-reactive ketones (excluding diaryl/α,β-unsaturated/α-hetero) is 1. The van der Waals surface area contributed by atoms with Gasteiger partial charge in [0.25, 0.3) is 0 Å². The standard InChI is InChI=1S/C42H67NO10S/c1-22-16-29-31(30-18-27(17-28(22)30)52-42-41(48-9)40(47-8)39(46-7)25(4)50-42)19-33-32(29)20-36(44)51-26(21-54-10)12-11-13-35(23(2)38(33)45)53-37-15-14-34(43(5)6)24(3)49-37/h16,19,23-32,34-35,37,39-42H,11-15,17-18,20-21H2,1-10H3/t23-,24-,25+,26-,27+,28+,29-,30-,31-,32+,34+,35+,37+,39+,40-,41-,42+/m1/s1. The van der Waals surface area contributed by atoms with Crippen LogP contribution in [-0.2, 0) is 47.5 Å². The maximum absolute atomic E-state index is 14.8. The molecule has 17 atom stereocenters. The molecule has 0 spiro atoms. The summed E-state index contributed by atoms with van der Waals surface area (Å²) in [5.74, 6) is 0.721. The summed E-state index contributed by atoms with van der Waals surface area (Å²) >= 11 is 1.70. The Morgan fingerprint density at radius 3 is 2.24 bits per heavy atom. The molecule has 3 heterocycles. The van der Waals surface area contributed by atoms with Crippen molar-refractivity contribution in [2.75, 3.05) is 47.4 Å². The van der Waals surface area contributed by atoms with Gasteiger partial charge in [-0.2, -0.15) is 11.8 Å². The number of fused-ring (bicyclic) bond motifs is 5. The second-order valence-corrected chi connectivity index (χ2v) is 17.9. The fourth-order valence-electron chi connectivity index (χ4n) is 10.8. The van der Waals surface area contributed by atoms with Gasteiger partial charge in [0.2, 0.25) is 0 Å². The van der Waals surface area contributed by atoms with Crippen LogP contribution in [0.1, 0.15) is 79.1 Å². The third-order valence-corrected chi connectivity index (χ3v) is 14.3. The first-order chi connectivity index (χ1) is 25.9. The first-order valence-corrected chi connectivity index (χ1v) is 21.8. The van der Waals surface area contributed by atoms with Crippen molar-refractivity contribution in [3.05, 3.63) is 23.3 Å². The minimum absolute atomic E-state index is 0.0331. The van der Waals surface area contributed by atoms with E-state index < -0.39 is 12.4 Å². The lowest BCUT2D eigenvalue weighted by atomic mass is 9.67. The van der Waals surface area contributed by atoms with E-state index in [-0.39, 0.29) is 96.8 Å². The van der Waals surface area contributed by atoms with Crippen molar-refractivity contribution >= 4 is 23.5 Å². The Hall–Kier alpha value is -1.35. The quantitative estimate of drug-likeness (QED) is 0.197. The maximum atomic E-state index is 14.8. The highest BCUT2D eigenvalue weighted by atomic mass is 32.2. The number of ketones is 1. The number of hydrogen-bond acceptors (Lipinski definition) is 12. The molecule has 3 aliphatic heterocycles. The normalized spacial score (nSPS) is 44.7. The lowest BCUT2D eigenvalue weighted by Gasteiger charge is -2.44. The Morgan fingerprint density at radius 2 is 1.57 bits per heavy atom. The fourth-order valence-corrected chi connectivity index (χ4v) is 11.4. The number of cyclic esters (lactones) is 1. The van der Waals surface area contributed by atoms with E-state index in [1.165, 1.54) is 5.57 Å². The molecule has 6 rings (SSSR count). The second kappa shape index (κ2) is 18.5. The third kappa shape index (κ3) is 8.87. The van der Waals surface area contributed by atoms with Crippen LogP contribution < -0.4 is 0 Å². The smallest absolute Gasteiger partial charge is 0.306 e. The van der Waals surface area contributed by atoms with E-state index in [0.29, 0.717) is 18.4 Å². The number of carbonyl (C=O) groups is 2. The number of hydrogen-bond donors (Lipinski definition) is 0. The van der Waals surface area contributed by atoms with Gasteiger partial charge in [-0.3, -0.25) is 9.59 Å². The lowest BCUT2D eigenvalue weighted by molar-refractivity contribution is -0.314. The summed E-state index contributed by atoms with van der Waals surface area (Å²) in [6.07, 6.45) is 9.78. The summed E-state index contributed by atoms with van der Waals surface area (Å²) in [6.45, 7) is 8.32. The van der Waals surface area contributed by atoms with Crippen LogP contribution in [0, 0.1) is 35.5 Å². The minimum atomic E-state index is -0.600. The van der Waals surface area contributed by atoms with Crippen molar-refractivity contribution in [1.29, 1.82) is 0 Å². The highest BCUT2D eigenvalue weighted by Gasteiger charge is 2.53. The summed E-state index contributed by atoms with van der Waals surface area (Å²) in [4.78, 5) is 30.7. The number of ether oxygens (including phenoxy) is 8. The number of rotatable bonds is 10. The van der Waals surface area contributed by atoms with E-state index in [1.807, 2.05) is 13.8 Å². The number of carbonyl (C=O) groups excluding carboxylic acids is 2. The van der Waals surface area contributed by atoms with Crippen molar-refractivity contribution in [2.24, 2.45) is 35.5 Å². The molecule has 54 heavy (non-hydrogen) atoms. The van der Waals surface area contributed by atoms with Crippen molar-refractivity contribution < 1.29 is 47.5 Å². The molecule has 0 aromatic rings. The molecular formula is C42H67NO10S. The lowest BCUT2D eigenvalue weighted by Crippen LogP contribution is -2.59. The molecule has 0 radical (unpaired) electrons. The van der Waals surface area contributed by atoms with Gasteiger partial charge in [0.1, 0.15) is 24.4 Å². The van der Waals surface area contributed by atoms with Crippen LogP contribution in [0.5, 0.6) is 0 Å². The van der Waals surface area contributed by atoms with Gasteiger partial charge < -0.3 is 42.8 Å². The van der Waals surface area contributed by atoms with Crippen LogP contribution in [0.3, 0.4) is 0 Å². The monoisotopic (exact) mass is 777 g/mol. The van der Waals surface area contributed by atoms with Crippen LogP contribution in [-0.4, -0.2) is 132 Å². The number of thioether (sulfide) groups is 1. The molecule has 11 nitrogen and oxygen atoms in total. The van der Waals surface area contributed by atoms with Crippen molar-refractivity contribution in [3.63, 3.8) is 0 Å². The number of esters is 1. The van der Waals surface area contributed by atoms with Crippen molar-refractivity contribution in [2.45, 2.75) is 147 Å². The molecule has 1 saturated carbocycles. The fraction of sp³-hybridized carbons (Fsp3) is 0.857. The maximum Gasteiger partial charge on any atom is 0.306 e. The van der Waals surface area contributed by atoms with Crippen molar-refractivity contribution in [1.82, 2.24) is 4.90 Å². The summed E-state index contributed by atoms with van der Waals surface area (Å²) in [7, 11) is 9.17. The molecule has 0 bridgehead atoms. The second-order valence-electron chi connectivity index (χ2n) is 17.0. The first-order valence-electron chi connectivity index (χ1n) is 20.4. The molecule has 0 N–H and O–H groups in total. The zero-order valence-corrected chi connectivity index (χ0v) is 35.1. The van der Waals surface area contributed by atoms with Gasteiger partial charge in [-0.15, -0.1) is 0 Å². The van der Waals surface area contributed by atoms with Crippen LogP contribution >= 0.6 is 11.8 Å². The molecule has 306 valence electrons. The number of nitrogens with zero attached hydrogens (tertiary/aromatic N) is 1. The first kappa shape index (κ1) is 42.3. The molecule has 3 saturated heterocycles. The van der Waals surface area contributed by atoms with Crippen LogP contribution in [0.4, 0.5) is 0 Å². The molecule has 0 unspecified atom stereocenters. The van der Waals surface area contributed by atoms with Crippen molar-refractivity contribution in [3.8, 4) is 0 Å². The van der Waals surface area contributed by atoms with E-state index in [1.54, 1.807) is 33.1 Å². The Kier molecular flexibility index (Phi) is 14.5. The summed E-state index contributed by atoms with van der Waals surface area (Å²) in [6, 6.07) is 0.335. The number of allylic oxidation sites excluding steroid dienone is 4. The van der Waals surface area contributed by atoms with E-state index >= 15 is 0 Å². The van der Waals surface area contributed by atoms with Crippen LogP contribution in [0.15, 0.2) is 23.3 Å². The minimum Gasteiger partial charge on any atom is -0.461 e. The highest BCUT2D eigenvalue weighted by Crippen LogP contribution is 2.56. The number of likely N-dealkylation sites (N-methyl/N-ethyl adjacent to an activating group) is 1. The Morgan fingerprint density at radius 1 is 0.833 bits per heavy atom. The van der Waals surface area contributed by atoms with Gasteiger partial charge in [0.15, 0.2) is 18.4 Å². The van der Waals surface area contributed by atoms with Gasteiger partial charge in [-0.25, -0.2) is 0 Å². The van der Waals surface area contributed by atoms with Gasteiger partial charge in [-0.1, -0.05) is 24.6 Å². The summed E-state index contributed by atoms with van der Waals surface area (Å²) in [5, 5.41) is 0. The molecule has 4 fully saturated rings. The molecule has 0 aromatic carbocycles. The Balaban J connectivity index is 1.23. The zero-order chi connectivity index (χ0) is 38.8. The van der Waals surface area contributed by atoms with E-state index in [2.05, 4.69) is 51.3 Å². The molecule has 12 heteroatoms. The predicted molar refractivity (Wildman–Crippen MR) is 207 cm³/mol. The van der Waals surface area contributed by atoms with Gasteiger partial charge in [-0.05, 0) is 115 Å². The SMILES string of the molecule is CO[C@@H]1[C@@H](OC)[C@H](C)O[C@@H](O[C@@H]2C[C@H]3[C@@H]4C=C5C(=O)[C@H](C)[C@@H](O[C@H]6CC[C@H](N(C)C)[C@@H](C)O6)CCC[C@H](CSC)OC(=O)C[C@H]5[C@@H]4C=C(C)[C@@H]3C2)[C@@H]1OC. The summed E-state index contributed by atoms with van der Waals surface area (Å²) in [5.41, 5.74) is 2.07. The topological polar surface area (TPSA) is 111 Å². The third-order valence-electron chi connectivity index (χ3n) is 13.6. The highest BCUT2D eigenvalue weighted by molar-refractivity contribution is 7.98. The van der Waals surface area contributed by atoms with E-state index in [0.717, 1.165) is 49.9 Å². The number of methoxy groups -OCH3 is 3. The Bertz CT molecular complexity index is 1360. The Labute approximate surface area is 327 Å². The van der Waals surface area contributed by atoms with E-state index in [4.69, 9.17) is 37.9 Å². The average Bonchev–Trinajstić information content (AvgIpc) is 3.71. The van der Waals surface area contributed by atoms with E-state index in [9.17, 15) is 9.59 Å². The largest absolute Gasteiger partial charge is 0.461 e. The molecule has 0 aromatic heterocycles. The molecule has 6 aliphatic rings. The average molecular weight is 778 g/mol. The zero-order valence-electron chi connectivity index (χ0n) is 34.3. The predicted octanol–water partition coefficient (Wildman–Crippen LogP) is 5.83. The van der Waals surface area contributed by atoms with Crippen LogP contribution in [0.2, 0.25) is 0 Å². The molecular weight excluding hydrogens is 711 g/mol. The van der Waals surface area contributed by atoms with Gasteiger partial charge >= 0.3 is 5.97 Å². The molecule has 3 aliphatic carbocycles. The van der Waals surface area contributed by atoms with Gasteiger partial charge in [0, 0.05) is 45.0 Å². The summed E-state index contributed by atoms with van der Waals surface area (Å²) < 4.78 is 49.9.